The largest absolute Gasteiger partial charge is 0.339 e. The third kappa shape index (κ3) is 3.22. The molecule has 33 heavy (non-hydrogen) atoms. The van der Waals surface area contributed by atoms with Crippen molar-refractivity contribution in [3.05, 3.63) is 0 Å². The van der Waals surface area contributed by atoms with Crippen LogP contribution >= 0.6 is 0 Å². The number of hydrogen-bond acceptors (Lipinski definition) is 3. The van der Waals surface area contributed by atoms with Gasteiger partial charge in [-0.3, -0.25) is 9.59 Å². The van der Waals surface area contributed by atoms with Crippen molar-refractivity contribution in [3.8, 4) is 6.07 Å². The Labute approximate surface area is 198 Å². The summed E-state index contributed by atoms with van der Waals surface area (Å²) in [6, 6.07) is 2.47. The van der Waals surface area contributed by atoms with E-state index in [1.807, 2.05) is 9.80 Å². The fourth-order valence-corrected chi connectivity index (χ4v) is 10.9. The Morgan fingerprint density at radius 1 is 0.606 bits per heavy atom. The van der Waals surface area contributed by atoms with Crippen molar-refractivity contribution in [3.63, 3.8) is 0 Å². The fourth-order valence-electron chi connectivity index (χ4n) is 10.9. The molecule has 0 unspecified atom stereocenters. The van der Waals surface area contributed by atoms with Gasteiger partial charge < -0.3 is 9.80 Å². The summed E-state index contributed by atoms with van der Waals surface area (Å²) in [7, 11) is 0. The van der Waals surface area contributed by atoms with Crippen molar-refractivity contribution in [2.45, 2.75) is 77.0 Å². The molecule has 0 atom stereocenters. The Morgan fingerprint density at radius 3 is 1.18 bits per heavy atom. The standard InChI is InChI=1S/C28H39N3O2/c29-15-24-16-30(25(32)27-9-18-3-19(10-27)5-20(4-18)11-27)1-2-31(17-24)26(33)28-12-21-6-22(13-28)8-23(7-21)14-28/h18-24H,1-14,16-17H2. The number of amides is 2. The Kier molecular flexibility index (Phi) is 4.54. The molecule has 0 aromatic rings. The van der Waals surface area contributed by atoms with Crippen LogP contribution in [0.3, 0.4) is 0 Å². The number of carbonyl (C=O) groups excluding carboxylic acids is 2. The first-order chi connectivity index (χ1) is 15.9. The normalized spacial score (nSPS) is 49.7. The quantitative estimate of drug-likeness (QED) is 0.634. The van der Waals surface area contributed by atoms with Crippen LogP contribution in [0.2, 0.25) is 0 Å². The molecule has 9 aliphatic rings. The Morgan fingerprint density at radius 2 is 0.909 bits per heavy atom. The maximum atomic E-state index is 14.0. The maximum absolute atomic E-state index is 14.0. The zero-order valence-corrected chi connectivity index (χ0v) is 20.0. The summed E-state index contributed by atoms with van der Waals surface area (Å²) in [5.41, 5.74) is -0.318. The van der Waals surface area contributed by atoms with E-state index in [0.717, 1.165) is 74.0 Å². The molecule has 1 heterocycles. The molecule has 0 spiro atoms. The lowest BCUT2D eigenvalue weighted by atomic mass is 9.49. The summed E-state index contributed by atoms with van der Waals surface area (Å²) >= 11 is 0. The van der Waals surface area contributed by atoms with Crippen LogP contribution in [0.4, 0.5) is 0 Å². The summed E-state index contributed by atoms with van der Waals surface area (Å²) < 4.78 is 0. The molecule has 5 heteroatoms. The zero-order valence-electron chi connectivity index (χ0n) is 20.0. The molecule has 8 saturated carbocycles. The van der Waals surface area contributed by atoms with Crippen LogP contribution in [0, 0.1) is 63.6 Å². The lowest BCUT2D eigenvalue weighted by molar-refractivity contribution is -0.159. The molecule has 9 fully saturated rings. The molecule has 0 aromatic carbocycles. The second-order valence-corrected chi connectivity index (χ2v) is 13.7. The highest BCUT2D eigenvalue weighted by Gasteiger charge is 2.57. The molecule has 8 aliphatic carbocycles. The van der Waals surface area contributed by atoms with E-state index < -0.39 is 0 Å². The summed E-state index contributed by atoms with van der Waals surface area (Å²) in [6.07, 6.45) is 14.4. The average Bonchev–Trinajstić information content (AvgIpc) is 2.99. The van der Waals surface area contributed by atoms with Crippen LogP contribution in [0.25, 0.3) is 0 Å². The number of rotatable bonds is 2. The second kappa shape index (κ2) is 7.22. The summed E-state index contributed by atoms with van der Waals surface area (Å²) in [5.74, 6) is 4.85. The van der Waals surface area contributed by atoms with Crippen LogP contribution < -0.4 is 0 Å². The van der Waals surface area contributed by atoms with Gasteiger partial charge in [0.15, 0.2) is 0 Å². The van der Waals surface area contributed by atoms with Gasteiger partial charge in [-0.2, -0.15) is 5.26 Å². The lowest BCUT2D eigenvalue weighted by Gasteiger charge is -2.56. The number of nitriles is 1. The van der Waals surface area contributed by atoms with Crippen LogP contribution in [-0.4, -0.2) is 47.8 Å². The van der Waals surface area contributed by atoms with Crippen molar-refractivity contribution in [2.75, 3.05) is 26.2 Å². The lowest BCUT2D eigenvalue weighted by Crippen LogP contribution is -2.56. The van der Waals surface area contributed by atoms with Crippen molar-refractivity contribution < 1.29 is 9.59 Å². The smallest absolute Gasteiger partial charge is 0.228 e. The average molecular weight is 450 g/mol. The van der Waals surface area contributed by atoms with E-state index in [2.05, 4.69) is 6.07 Å². The van der Waals surface area contributed by atoms with Crippen LogP contribution in [0.5, 0.6) is 0 Å². The highest BCUT2D eigenvalue weighted by molar-refractivity contribution is 5.85. The first kappa shape index (κ1) is 20.8. The van der Waals surface area contributed by atoms with E-state index in [-0.39, 0.29) is 16.7 Å². The minimum absolute atomic E-state index is 0.159. The topological polar surface area (TPSA) is 64.4 Å². The van der Waals surface area contributed by atoms with Crippen molar-refractivity contribution in [1.82, 2.24) is 9.80 Å². The summed E-state index contributed by atoms with van der Waals surface area (Å²) in [5, 5.41) is 9.96. The van der Waals surface area contributed by atoms with E-state index >= 15 is 0 Å². The Bertz CT molecular complexity index is 767. The first-order valence-corrected chi connectivity index (χ1v) is 13.9. The number of hydrogen-bond donors (Lipinski definition) is 0. The third-order valence-corrected chi connectivity index (χ3v) is 11.3. The van der Waals surface area contributed by atoms with E-state index in [9.17, 15) is 14.9 Å². The van der Waals surface area contributed by atoms with Crippen molar-refractivity contribution in [1.29, 1.82) is 5.26 Å². The first-order valence-electron chi connectivity index (χ1n) is 13.9. The molecule has 2 amide bonds. The molecule has 0 N–H and O–H groups in total. The molecule has 0 aromatic heterocycles. The van der Waals surface area contributed by atoms with Gasteiger partial charge in [-0.1, -0.05) is 0 Å². The highest BCUT2D eigenvalue weighted by atomic mass is 16.2. The van der Waals surface area contributed by atoms with E-state index in [1.165, 1.54) is 38.5 Å². The van der Waals surface area contributed by atoms with Gasteiger partial charge in [0.05, 0.1) is 22.8 Å². The number of carbonyl (C=O) groups is 2. The van der Waals surface area contributed by atoms with E-state index in [0.29, 0.717) is 38.0 Å². The van der Waals surface area contributed by atoms with Gasteiger partial charge in [-0.05, 0) is 113 Å². The minimum atomic E-state index is -0.261. The Balaban J connectivity index is 1.10. The minimum Gasteiger partial charge on any atom is -0.339 e. The molecule has 1 aliphatic heterocycles. The molecule has 8 bridgehead atoms. The van der Waals surface area contributed by atoms with Gasteiger partial charge >= 0.3 is 0 Å². The molecule has 1 saturated heterocycles. The Hall–Kier alpha value is -1.57. The van der Waals surface area contributed by atoms with Crippen LogP contribution in [0.1, 0.15) is 77.0 Å². The predicted molar refractivity (Wildman–Crippen MR) is 123 cm³/mol. The third-order valence-electron chi connectivity index (χ3n) is 11.3. The van der Waals surface area contributed by atoms with Crippen molar-refractivity contribution in [2.24, 2.45) is 52.3 Å². The summed E-state index contributed by atoms with van der Waals surface area (Å²) in [4.78, 5) is 32.0. The van der Waals surface area contributed by atoms with Gasteiger partial charge in [0, 0.05) is 26.2 Å². The maximum Gasteiger partial charge on any atom is 0.228 e. The van der Waals surface area contributed by atoms with Crippen LogP contribution in [0.15, 0.2) is 0 Å². The van der Waals surface area contributed by atoms with Gasteiger partial charge in [0.1, 0.15) is 0 Å². The molecule has 9 rings (SSSR count). The molecule has 5 nitrogen and oxygen atoms in total. The monoisotopic (exact) mass is 449 g/mol. The highest BCUT2D eigenvalue weighted by Crippen LogP contribution is 2.62. The van der Waals surface area contributed by atoms with Gasteiger partial charge in [0.2, 0.25) is 11.8 Å². The molecule has 178 valence electrons. The fraction of sp³-hybridized carbons (Fsp3) is 0.893. The van der Waals surface area contributed by atoms with Crippen LogP contribution in [-0.2, 0) is 9.59 Å². The molecule has 0 radical (unpaired) electrons. The van der Waals surface area contributed by atoms with E-state index in [1.54, 1.807) is 0 Å². The predicted octanol–water partition coefficient (Wildman–Crippen LogP) is 4.23. The van der Waals surface area contributed by atoms with E-state index in [4.69, 9.17) is 0 Å². The molecular weight excluding hydrogens is 410 g/mol. The molecular formula is C28H39N3O2. The SMILES string of the molecule is N#CC1CN(C(=O)C23CC4CC(CC(C4)C2)C3)CCN(C(=O)C23CC4CC(CC(C4)C2)C3)C1. The number of nitrogens with zero attached hydrogens (tertiary/aromatic N) is 3. The van der Waals surface area contributed by atoms with Gasteiger partial charge in [-0.15, -0.1) is 0 Å². The van der Waals surface area contributed by atoms with Crippen molar-refractivity contribution >= 4 is 11.8 Å². The second-order valence-electron chi connectivity index (χ2n) is 13.7. The van der Waals surface area contributed by atoms with Gasteiger partial charge in [0.25, 0.3) is 0 Å². The summed E-state index contributed by atoms with van der Waals surface area (Å²) in [6.45, 7) is 2.28. The van der Waals surface area contributed by atoms with Gasteiger partial charge in [-0.25, -0.2) is 0 Å². The zero-order chi connectivity index (χ0) is 22.4.